The van der Waals surface area contributed by atoms with Gasteiger partial charge in [0.05, 0.1) is 5.41 Å². The van der Waals surface area contributed by atoms with Crippen LogP contribution in [0.2, 0.25) is 0 Å². The molecule has 0 rings (SSSR count). The van der Waals surface area contributed by atoms with Crippen molar-refractivity contribution in [2.75, 3.05) is 0 Å². The molecule has 0 aromatic heterocycles. The summed E-state index contributed by atoms with van der Waals surface area (Å²) < 4.78 is 29.2. The van der Waals surface area contributed by atoms with Crippen LogP contribution in [0, 0.1) is 22.7 Å². The maximum absolute atomic E-state index is 14.6. The van der Waals surface area contributed by atoms with E-state index < -0.39 is 17.3 Å². The maximum Gasteiger partial charge on any atom is 0.262 e. The van der Waals surface area contributed by atoms with Gasteiger partial charge in [-0.1, -0.05) is 77.3 Å². The molecule has 2 atom stereocenters. The summed E-state index contributed by atoms with van der Waals surface area (Å²) in [5.74, 6) is -4.10. The molecule has 0 aromatic carbocycles. The normalized spacial score (nSPS) is 15.6. The zero-order valence-electron chi connectivity index (χ0n) is 18.8. The van der Waals surface area contributed by atoms with Crippen molar-refractivity contribution in [2.24, 2.45) is 22.7 Å². The lowest BCUT2D eigenvalue weighted by atomic mass is 9.69. The first kappa shape index (κ1) is 26.5. The second-order valence-corrected chi connectivity index (χ2v) is 9.38. The third-order valence-electron chi connectivity index (χ3n) is 6.24. The lowest BCUT2D eigenvalue weighted by Gasteiger charge is -2.37. The Labute approximate surface area is 171 Å². The second-order valence-electron chi connectivity index (χ2n) is 9.38. The molecule has 0 aromatic rings. The van der Waals surface area contributed by atoms with Gasteiger partial charge in [-0.05, 0) is 50.9 Å². The molecule has 0 aliphatic rings. The van der Waals surface area contributed by atoms with Gasteiger partial charge in [0.15, 0.2) is 0 Å². The van der Waals surface area contributed by atoms with Crippen LogP contribution in [0.4, 0.5) is 8.78 Å². The van der Waals surface area contributed by atoms with E-state index in [1.165, 1.54) is 27.7 Å². The van der Waals surface area contributed by atoms with Crippen molar-refractivity contribution in [3.63, 3.8) is 0 Å². The summed E-state index contributed by atoms with van der Waals surface area (Å²) in [6.07, 6.45) is 6.60. The van der Waals surface area contributed by atoms with E-state index in [1.54, 1.807) is 12.2 Å². The number of allylic oxidation sites excluding steroid dienone is 4. The summed E-state index contributed by atoms with van der Waals surface area (Å²) in [6.45, 7) is 25.4. The fraction of sp³-hybridized carbons (Fsp3) is 0.640. The quantitative estimate of drug-likeness (QED) is 0.273. The van der Waals surface area contributed by atoms with Gasteiger partial charge in [-0.2, -0.15) is 0 Å². The molecule has 2 unspecified atom stereocenters. The molecule has 0 aliphatic carbocycles. The van der Waals surface area contributed by atoms with Gasteiger partial charge in [0, 0.05) is 12.3 Å². The Bertz CT molecular complexity index is 598. The predicted molar refractivity (Wildman–Crippen MR) is 118 cm³/mol. The highest BCUT2D eigenvalue weighted by Crippen LogP contribution is 2.45. The van der Waals surface area contributed by atoms with E-state index in [0.29, 0.717) is 6.42 Å². The molecular formula is C25H40F2O. The van der Waals surface area contributed by atoms with Gasteiger partial charge < -0.3 is 0 Å². The third kappa shape index (κ3) is 6.83. The SMILES string of the molecule is C=CC(=C)CCC(C)(CCC(=O)C(C)(C)C(F)(F)C(C)C)CC(C)C(=C)C=C. The molecule has 0 amide bonds. The standard InChI is InChI=1S/C25H40F2O/c1-11-19(5)13-15-24(10,17-21(7)20(6)12-2)16-14-22(28)23(8,9)25(26,27)18(3)4/h11-12,18,21H,1-2,5-6,13-17H2,3-4,7-10H3. The van der Waals surface area contributed by atoms with E-state index in [0.717, 1.165) is 30.4 Å². The number of carbonyl (C=O) groups excluding carboxylic acids is 1. The van der Waals surface area contributed by atoms with E-state index in [2.05, 4.69) is 40.2 Å². The predicted octanol–water partition coefficient (Wildman–Crippen LogP) is 7.95. The molecule has 0 bridgehead atoms. The van der Waals surface area contributed by atoms with Gasteiger partial charge in [0.1, 0.15) is 5.78 Å². The number of carbonyl (C=O) groups is 1. The highest BCUT2D eigenvalue weighted by atomic mass is 19.3. The summed E-state index contributed by atoms with van der Waals surface area (Å²) in [6, 6.07) is 0. The average Bonchev–Trinajstić information content (AvgIpc) is 2.62. The van der Waals surface area contributed by atoms with Crippen molar-refractivity contribution < 1.29 is 13.6 Å². The number of alkyl halides is 2. The minimum atomic E-state index is -3.04. The number of hydrogen-bond acceptors (Lipinski definition) is 1. The van der Waals surface area contributed by atoms with Gasteiger partial charge in [-0.15, -0.1) is 0 Å². The van der Waals surface area contributed by atoms with Crippen molar-refractivity contribution in [1.29, 1.82) is 0 Å². The van der Waals surface area contributed by atoms with Crippen LogP contribution in [0.25, 0.3) is 0 Å². The zero-order chi connectivity index (χ0) is 22.3. The Morgan fingerprint density at radius 1 is 0.964 bits per heavy atom. The fourth-order valence-corrected chi connectivity index (χ4v) is 3.60. The van der Waals surface area contributed by atoms with Crippen molar-refractivity contribution in [3.05, 3.63) is 49.6 Å². The van der Waals surface area contributed by atoms with Gasteiger partial charge in [-0.25, -0.2) is 8.78 Å². The minimum absolute atomic E-state index is 0.139. The van der Waals surface area contributed by atoms with Crippen LogP contribution in [0.15, 0.2) is 49.6 Å². The zero-order valence-corrected chi connectivity index (χ0v) is 18.8. The number of Topliss-reactive ketones (excluding diaryl/α,β-unsaturated/α-hetero) is 1. The molecule has 28 heavy (non-hydrogen) atoms. The Hall–Kier alpha value is -1.51. The van der Waals surface area contributed by atoms with Crippen molar-refractivity contribution >= 4 is 5.78 Å². The Balaban J connectivity index is 5.40. The Morgan fingerprint density at radius 2 is 1.46 bits per heavy atom. The van der Waals surface area contributed by atoms with E-state index in [9.17, 15) is 13.6 Å². The molecule has 0 fully saturated rings. The first-order valence-electron chi connectivity index (χ1n) is 10.2. The van der Waals surface area contributed by atoms with Crippen molar-refractivity contribution in [2.45, 2.75) is 79.6 Å². The van der Waals surface area contributed by atoms with Crippen LogP contribution in [0.1, 0.15) is 73.6 Å². The molecule has 0 radical (unpaired) electrons. The summed E-state index contributed by atoms with van der Waals surface area (Å²) in [4.78, 5) is 12.8. The first-order chi connectivity index (χ1) is 12.6. The lowest BCUT2D eigenvalue weighted by Crippen LogP contribution is -2.46. The molecule has 0 saturated heterocycles. The van der Waals surface area contributed by atoms with Gasteiger partial charge in [0.2, 0.25) is 0 Å². The average molecular weight is 395 g/mol. The van der Waals surface area contributed by atoms with Crippen LogP contribution >= 0.6 is 0 Å². The Morgan fingerprint density at radius 3 is 1.89 bits per heavy atom. The number of rotatable bonds is 14. The van der Waals surface area contributed by atoms with Crippen LogP contribution in [0.3, 0.4) is 0 Å². The van der Waals surface area contributed by atoms with Crippen LogP contribution in [-0.2, 0) is 4.79 Å². The monoisotopic (exact) mass is 394 g/mol. The number of hydrogen-bond donors (Lipinski definition) is 0. The fourth-order valence-electron chi connectivity index (χ4n) is 3.60. The Kier molecular flexibility index (Phi) is 9.76. The molecular weight excluding hydrogens is 354 g/mol. The van der Waals surface area contributed by atoms with Crippen LogP contribution < -0.4 is 0 Å². The maximum atomic E-state index is 14.6. The van der Waals surface area contributed by atoms with Gasteiger partial charge in [0.25, 0.3) is 5.92 Å². The molecule has 160 valence electrons. The summed E-state index contributed by atoms with van der Waals surface area (Å²) in [5, 5.41) is 0. The summed E-state index contributed by atoms with van der Waals surface area (Å²) >= 11 is 0. The number of halogens is 2. The van der Waals surface area contributed by atoms with Gasteiger partial charge >= 0.3 is 0 Å². The topological polar surface area (TPSA) is 17.1 Å². The highest BCUT2D eigenvalue weighted by molar-refractivity contribution is 5.85. The van der Waals surface area contributed by atoms with E-state index in [-0.39, 0.29) is 23.5 Å². The second kappa shape index (κ2) is 10.3. The minimum Gasteiger partial charge on any atom is -0.299 e. The third-order valence-corrected chi connectivity index (χ3v) is 6.24. The molecule has 0 heterocycles. The van der Waals surface area contributed by atoms with Gasteiger partial charge in [-0.3, -0.25) is 4.79 Å². The van der Waals surface area contributed by atoms with Crippen LogP contribution in [0.5, 0.6) is 0 Å². The number of ketones is 1. The lowest BCUT2D eigenvalue weighted by molar-refractivity contribution is -0.166. The molecule has 1 nitrogen and oxygen atoms in total. The highest BCUT2D eigenvalue weighted by Gasteiger charge is 2.53. The molecule has 0 saturated carbocycles. The summed E-state index contributed by atoms with van der Waals surface area (Å²) in [7, 11) is 0. The summed E-state index contributed by atoms with van der Waals surface area (Å²) in [5.41, 5.74) is 0.0328. The first-order valence-corrected chi connectivity index (χ1v) is 10.2. The van der Waals surface area contributed by atoms with E-state index in [1.807, 2.05) is 0 Å². The van der Waals surface area contributed by atoms with E-state index >= 15 is 0 Å². The van der Waals surface area contributed by atoms with Crippen molar-refractivity contribution in [3.8, 4) is 0 Å². The molecule has 3 heteroatoms. The smallest absolute Gasteiger partial charge is 0.262 e. The van der Waals surface area contributed by atoms with Crippen molar-refractivity contribution in [1.82, 2.24) is 0 Å². The molecule has 0 aliphatic heterocycles. The molecule has 0 spiro atoms. The molecule has 0 N–H and O–H groups in total. The van der Waals surface area contributed by atoms with E-state index in [4.69, 9.17) is 0 Å². The largest absolute Gasteiger partial charge is 0.299 e. The van der Waals surface area contributed by atoms with Crippen LogP contribution in [-0.4, -0.2) is 11.7 Å².